The van der Waals surface area contributed by atoms with Crippen molar-refractivity contribution in [2.45, 2.75) is 26.5 Å². The van der Waals surface area contributed by atoms with Crippen LogP contribution >= 0.6 is 11.3 Å². The van der Waals surface area contributed by atoms with E-state index in [-0.39, 0.29) is 5.56 Å². The number of aromatic nitrogens is 1. The minimum atomic E-state index is 0.0931. The summed E-state index contributed by atoms with van der Waals surface area (Å²) in [5, 5.41) is 2.11. The number of pyridine rings is 1. The molecule has 24 heavy (non-hydrogen) atoms. The van der Waals surface area contributed by atoms with Crippen LogP contribution in [0.5, 0.6) is 0 Å². The Morgan fingerprint density at radius 2 is 2.04 bits per heavy atom. The summed E-state index contributed by atoms with van der Waals surface area (Å²) in [4.78, 5) is 14.3. The third kappa shape index (κ3) is 2.52. The van der Waals surface area contributed by atoms with Gasteiger partial charge in [-0.15, -0.1) is 11.3 Å². The zero-order valence-corrected chi connectivity index (χ0v) is 14.4. The van der Waals surface area contributed by atoms with Gasteiger partial charge in [-0.05, 0) is 42.0 Å². The molecular formula is C20H19NO2S. The maximum absolute atomic E-state index is 13.1. The summed E-state index contributed by atoms with van der Waals surface area (Å²) >= 11 is 1.71. The fourth-order valence-electron chi connectivity index (χ4n) is 3.33. The van der Waals surface area contributed by atoms with Crippen molar-refractivity contribution >= 4 is 11.3 Å². The quantitative estimate of drug-likeness (QED) is 0.709. The van der Waals surface area contributed by atoms with Gasteiger partial charge in [0.15, 0.2) is 0 Å². The lowest BCUT2D eigenvalue weighted by molar-refractivity contribution is 0.134. The van der Waals surface area contributed by atoms with Crippen LogP contribution in [0, 0.1) is 0 Å². The molecule has 0 saturated carbocycles. The van der Waals surface area contributed by atoms with Crippen LogP contribution in [0.3, 0.4) is 0 Å². The van der Waals surface area contributed by atoms with Crippen LogP contribution < -0.4 is 5.56 Å². The number of hydrogen-bond acceptors (Lipinski definition) is 3. The van der Waals surface area contributed by atoms with E-state index in [9.17, 15) is 4.79 Å². The van der Waals surface area contributed by atoms with Crippen molar-refractivity contribution in [3.8, 4) is 21.7 Å². The van der Waals surface area contributed by atoms with Gasteiger partial charge in [-0.3, -0.25) is 4.79 Å². The van der Waals surface area contributed by atoms with Crippen LogP contribution in [0.15, 0.2) is 52.6 Å². The van der Waals surface area contributed by atoms with Crippen molar-refractivity contribution < 1.29 is 4.74 Å². The Morgan fingerprint density at radius 1 is 1.21 bits per heavy atom. The first kappa shape index (κ1) is 15.4. The number of thiophene rings is 1. The Hall–Kier alpha value is -2.17. The SMILES string of the molecule is CCOCc1cc(-c2ccccc2)c(=O)n2c1-c1sccc1CC2. The molecule has 0 bridgehead atoms. The molecule has 0 aliphatic carbocycles. The molecule has 1 aromatic carbocycles. The first-order valence-electron chi connectivity index (χ1n) is 8.26. The first-order chi connectivity index (χ1) is 11.8. The fraction of sp³-hybridized carbons (Fsp3) is 0.250. The summed E-state index contributed by atoms with van der Waals surface area (Å²) in [6.45, 7) is 3.92. The monoisotopic (exact) mass is 337 g/mol. The average molecular weight is 337 g/mol. The molecule has 0 N–H and O–H groups in total. The summed E-state index contributed by atoms with van der Waals surface area (Å²) in [6, 6.07) is 14.1. The predicted molar refractivity (Wildman–Crippen MR) is 98.5 cm³/mol. The number of ether oxygens (including phenoxy) is 1. The van der Waals surface area contributed by atoms with Crippen molar-refractivity contribution in [1.29, 1.82) is 0 Å². The number of benzene rings is 1. The van der Waals surface area contributed by atoms with Gasteiger partial charge in [0.25, 0.3) is 5.56 Å². The lowest BCUT2D eigenvalue weighted by Gasteiger charge is -2.23. The van der Waals surface area contributed by atoms with Crippen LogP contribution in [-0.2, 0) is 24.3 Å². The Kier molecular flexibility index (Phi) is 4.08. The molecule has 1 aliphatic heterocycles. The highest BCUT2D eigenvalue weighted by molar-refractivity contribution is 7.13. The van der Waals surface area contributed by atoms with Gasteiger partial charge in [0.1, 0.15) is 0 Å². The van der Waals surface area contributed by atoms with Crippen molar-refractivity contribution in [2.24, 2.45) is 0 Å². The number of aryl methyl sites for hydroxylation is 1. The van der Waals surface area contributed by atoms with E-state index in [1.165, 1.54) is 10.4 Å². The molecule has 4 heteroatoms. The molecule has 0 radical (unpaired) electrons. The van der Waals surface area contributed by atoms with E-state index in [4.69, 9.17) is 4.74 Å². The van der Waals surface area contributed by atoms with E-state index < -0.39 is 0 Å². The molecule has 3 heterocycles. The third-order valence-electron chi connectivity index (χ3n) is 4.48. The molecule has 3 nitrogen and oxygen atoms in total. The van der Waals surface area contributed by atoms with Crippen molar-refractivity contribution in [2.75, 3.05) is 6.61 Å². The number of nitrogens with zero attached hydrogens (tertiary/aromatic N) is 1. The Balaban J connectivity index is 1.96. The van der Waals surface area contributed by atoms with Gasteiger partial charge >= 0.3 is 0 Å². The Bertz CT molecular complexity index is 925. The lowest BCUT2D eigenvalue weighted by atomic mass is 9.98. The van der Waals surface area contributed by atoms with Crippen molar-refractivity contribution in [1.82, 2.24) is 4.57 Å². The molecule has 2 aromatic heterocycles. The average Bonchev–Trinajstić information content (AvgIpc) is 3.10. The Morgan fingerprint density at radius 3 is 2.83 bits per heavy atom. The second kappa shape index (κ2) is 6.38. The molecule has 0 fully saturated rings. The zero-order valence-electron chi connectivity index (χ0n) is 13.6. The summed E-state index contributed by atoms with van der Waals surface area (Å²) < 4.78 is 7.64. The van der Waals surface area contributed by atoms with E-state index in [2.05, 4.69) is 11.4 Å². The maximum Gasteiger partial charge on any atom is 0.258 e. The first-order valence-corrected chi connectivity index (χ1v) is 9.14. The molecule has 122 valence electrons. The van der Waals surface area contributed by atoms with Gasteiger partial charge in [0.05, 0.1) is 17.2 Å². The number of fused-ring (bicyclic) bond motifs is 3. The van der Waals surface area contributed by atoms with Crippen LogP contribution in [-0.4, -0.2) is 11.2 Å². The standard InChI is InChI=1S/C20H19NO2S/c1-2-23-13-16-12-17(14-6-4-3-5-7-14)20(22)21-10-8-15-9-11-24-19(15)18(16)21/h3-7,9,11-12H,2,8,10,13H2,1H3. The number of rotatable bonds is 4. The minimum Gasteiger partial charge on any atom is -0.377 e. The van der Waals surface area contributed by atoms with E-state index in [0.29, 0.717) is 13.2 Å². The summed E-state index contributed by atoms with van der Waals surface area (Å²) in [5.41, 5.74) is 5.30. The van der Waals surface area contributed by atoms with E-state index >= 15 is 0 Å². The van der Waals surface area contributed by atoms with Crippen molar-refractivity contribution in [3.63, 3.8) is 0 Å². The van der Waals surface area contributed by atoms with Crippen LogP contribution in [0.4, 0.5) is 0 Å². The summed E-state index contributed by atoms with van der Waals surface area (Å²) in [6.07, 6.45) is 0.915. The summed E-state index contributed by atoms with van der Waals surface area (Å²) in [7, 11) is 0. The van der Waals surface area contributed by atoms with Crippen molar-refractivity contribution in [3.05, 3.63) is 69.3 Å². The van der Waals surface area contributed by atoms with Gasteiger partial charge in [-0.25, -0.2) is 0 Å². The van der Waals surface area contributed by atoms with Crippen LogP contribution in [0.1, 0.15) is 18.1 Å². The highest BCUT2D eigenvalue weighted by Gasteiger charge is 2.23. The van der Waals surface area contributed by atoms with Crippen LogP contribution in [0.2, 0.25) is 0 Å². The highest BCUT2D eigenvalue weighted by Crippen LogP contribution is 2.36. The topological polar surface area (TPSA) is 31.2 Å². The largest absolute Gasteiger partial charge is 0.377 e. The lowest BCUT2D eigenvalue weighted by Crippen LogP contribution is -2.28. The van der Waals surface area contributed by atoms with E-state index in [0.717, 1.165) is 35.3 Å². The second-order valence-electron chi connectivity index (χ2n) is 5.92. The normalized spacial score (nSPS) is 12.7. The van der Waals surface area contributed by atoms with Gasteiger partial charge in [0.2, 0.25) is 0 Å². The maximum atomic E-state index is 13.1. The molecule has 3 aromatic rings. The molecule has 4 rings (SSSR count). The van der Waals surface area contributed by atoms with E-state index in [1.807, 2.05) is 47.9 Å². The molecular weight excluding hydrogens is 318 g/mol. The zero-order chi connectivity index (χ0) is 16.5. The van der Waals surface area contributed by atoms with Gasteiger partial charge in [-0.2, -0.15) is 0 Å². The van der Waals surface area contributed by atoms with Gasteiger partial charge in [-0.1, -0.05) is 30.3 Å². The van der Waals surface area contributed by atoms with Crippen LogP contribution in [0.25, 0.3) is 21.7 Å². The molecule has 0 amide bonds. The van der Waals surface area contributed by atoms with Gasteiger partial charge < -0.3 is 9.30 Å². The Labute approximate surface area is 145 Å². The predicted octanol–water partition coefficient (Wildman–Crippen LogP) is 4.34. The molecule has 0 atom stereocenters. The van der Waals surface area contributed by atoms with Gasteiger partial charge in [0, 0.05) is 24.3 Å². The number of hydrogen-bond donors (Lipinski definition) is 0. The highest BCUT2D eigenvalue weighted by atomic mass is 32.1. The smallest absolute Gasteiger partial charge is 0.258 e. The second-order valence-corrected chi connectivity index (χ2v) is 6.83. The third-order valence-corrected chi connectivity index (χ3v) is 5.44. The molecule has 0 saturated heterocycles. The minimum absolute atomic E-state index is 0.0931. The molecule has 1 aliphatic rings. The molecule has 0 unspecified atom stereocenters. The van der Waals surface area contributed by atoms with E-state index in [1.54, 1.807) is 11.3 Å². The fourth-order valence-corrected chi connectivity index (χ4v) is 4.37. The molecule has 0 spiro atoms. The summed E-state index contributed by atoms with van der Waals surface area (Å²) in [5.74, 6) is 0.